The molecule has 98 valence electrons. The average molecular weight is 246 g/mol. The van der Waals surface area contributed by atoms with Crippen molar-refractivity contribution in [1.29, 1.82) is 0 Å². The van der Waals surface area contributed by atoms with Crippen molar-refractivity contribution in [2.75, 3.05) is 0 Å². The Bertz CT molecular complexity index is 410. The van der Waals surface area contributed by atoms with Crippen LogP contribution in [0.5, 0.6) is 0 Å². The average Bonchev–Trinajstić information content (AvgIpc) is 3.21. The van der Waals surface area contributed by atoms with E-state index in [1.165, 1.54) is 18.4 Å². The molecule has 1 fully saturated rings. The molecule has 0 aliphatic heterocycles. The molecule has 3 N–H and O–H groups in total. The largest absolute Gasteiger partial charge is 0.347 e. The molecule has 1 aliphatic rings. The monoisotopic (exact) mass is 246 g/mol. The molecular formula is C15H22N2O. The predicted molar refractivity (Wildman–Crippen MR) is 72.9 cm³/mol. The molecule has 1 aromatic rings. The van der Waals surface area contributed by atoms with Gasteiger partial charge in [-0.05, 0) is 37.7 Å². The number of benzene rings is 1. The van der Waals surface area contributed by atoms with Crippen molar-refractivity contribution in [3.05, 3.63) is 35.9 Å². The van der Waals surface area contributed by atoms with Gasteiger partial charge in [0.1, 0.15) is 0 Å². The fourth-order valence-corrected chi connectivity index (χ4v) is 2.03. The molecule has 0 heterocycles. The summed E-state index contributed by atoms with van der Waals surface area (Å²) in [5.41, 5.74) is 6.40. The standard InChI is InChI=1S/C15H22N2O/c1-3-15(2,16)14(18)17-13(12-9-10-12)11-7-5-4-6-8-11/h4-8,12-13H,3,9-10,16H2,1-2H3,(H,17,18). The van der Waals surface area contributed by atoms with Gasteiger partial charge in [-0.3, -0.25) is 4.79 Å². The SMILES string of the molecule is CCC(C)(N)C(=O)NC(c1ccccc1)C1CC1. The van der Waals surface area contributed by atoms with E-state index in [0.29, 0.717) is 12.3 Å². The first-order valence-corrected chi connectivity index (χ1v) is 6.69. The van der Waals surface area contributed by atoms with Gasteiger partial charge in [0.25, 0.3) is 0 Å². The molecule has 2 unspecified atom stereocenters. The van der Waals surface area contributed by atoms with Crippen LogP contribution in [-0.4, -0.2) is 11.4 Å². The normalized spacial score (nSPS) is 19.9. The molecular weight excluding hydrogens is 224 g/mol. The van der Waals surface area contributed by atoms with Crippen molar-refractivity contribution in [3.8, 4) is 0 Å². The van der Waals surface area contributed by atoms with Crippen LogP contribution in [0.3, 0.4) is 0 Å². The molecule has 0 bridgehead atoms. The van der Waals surface area contributed by atoms with Gasteiger partial charge in [0.2, 0.25) is 5.91 Å². The van der Waals surface area contributed by atoms with Crippen molar-refractivity contribution in [3.63, 3.8) is 0 Å². The maximum atomic E-state index is 12.2. The van der Waals surface area contributed by atoms with Gasteiger partial charge in [0.05, 0.1) is 11.6 Å². The second kappa shape index (κ2) is 5.11. The Morgan fingerprint density at radius 1 is 1.44 bits per heavy atom. The first kappa shape index (κ1) is 13.1. The summed E-state index contributed by atoms with van der Waals surface area (Å²) < 4.78 is 0. The van der Waals surface area contributed by atoms with Gasteiger partial charge in [-0.15, -0.1) is 0 Å². The van der Waals surface area contributed by atoms with Gasteiger partial charge in [0, 0.05) is 0 Å². The lowest BCUT2D eigenvalue weighted by atomic mass is 9.96. The Morgan fingerprint density at radius 2 is 2.06 bits per heavy atom. The predicted octanol–water partition coefficient (Wildman–Crippen LogP) is 2.38. The first-order valence-electron chi connectivity index (χ1n) is 6.69. The van der Waals surface area contributed by atoms with Crippen LogP contribution in [0.4, 0.5) is 0 Å². The fraction of sp³-hybridized carbons (Fsp3) is 0.533. The number of amides is 1. The molecule has 1 saturated carbocycles. The highest BCUT2D eigenvalue weighted by atomic mass is 16.2. The van der Waals surface area contributed by atoms with Crippen molar-refractivity contribution < 1.29 is 4.79 Å². The van der Waals surface area contributed by atoms with Crippen LogP contribution in [0.1, 0.15) is 44.7 Å². The lowest BCUT2D eigenvalue weighted by molar-refractivity contribution is -0.126. The van der Waals surface area contributed by atoms with Crippen LogP contribution in [-0.2, 0) is 4.79 Å². The molecule has 1 amide bonds. The Morgan fingerprint density at radius 3 is 2.56 bits per heavy atom. The zero-order valence-corrected chi connectivity index (χ0v) is 11.1. The number of carbonyl (C=O) groups is 1. The van der Waals surface area contributed by atoms with E-state index in [4.69, 9.17) is 5.73 Å². The van der Waals surface area contributed by atoms with Gasteiger partial charge in [-0.1, -0.05) is 37.3 Å². The highest BCUT2D eigenvalue weighted by Gasteiger charge is 2.36. The molecule has 0 radical (unpaired) electrons. The van der Waals surface area contributed by atoms with E-state index in [0.717, 1.165) is 0 Å². The molecule has 3 heteroatoms. The summed E-state index contributed by atoms with van der Waals surface area (Å²) >= 11 is 0. The van der Waals surface area contributed by atoms with Crippen molar-refractivity contribution in [2.45, 2.75) is 44.7 Å². The van der Waals surface area contributed by atoms with E-state index in [1.807, 2.05) is 25.1 Å². The molecule has 18 heavy (non-hydrogen) atoms. The first-order chi connectivity index (χ1) is 8.54. The summed E-state index contributed by atoms with van der Waals surface area (Å²) in [7, 11) is 0. The van der Waals surface area contributed by atoms with Gasteiger partial charge < -0.3 is 11.1 Å². The summed E-state index contributed by atoms with van der Waals surface area (Å²) in [6.07, 6.45) is 3.02. The van der Waals surface area contributed by atoms with E-state index in [-0.39, 0.29) is 11.9 Å². The lowest BCUT2D eigenvalue weighted by Crippen LogP contribution is -2.52. The Kier molecular flexibility index (Phi) is 3.71. The van der Waals surface area contributed by atoms with E-state index >= 15 is 0 Å². The van der Waals surface area contributed by atoms with Gasteiger partial charge in [-0.2, -0.15) is 0 Å². The van der Waals surface area contributed by atoms with E-state index < -0.39 is 5.54 Å². The van der Waals surface area contributed by atoms with Gasteiger partial charge >= 0.3 is 0 Å². The van der Waals surface area contributed by atoms with Crippen LogP contribution < -0.4 is 11.1 Å². The second-order valence-electron chi connectivity index (χ2n) is 5.47. The molecule has 1 aromatic carbocycles. The molecule has 1 aliphatic carbocycles. The molecule has 0 saturated heterocycles. The fourth-order valence-electron chi connectivity index (χ4n) is 2.03. The molecule has 2 rings (SSSR count). The van der Waals surface area contributed by atoms with E-state index in [9.17, 15) is 4.79 Å². The lowest BCUT2D eigenvalue weighted by Gasteiger charge is -2.26. The minimum atomic E-state index is -0.776. The van der Waals surface area contributed by atoms with Crippen molar-refractivity contribution >= 4 is 5.91 Å². The Balaban J connectivity index is 2.11. The maximum Gasteiger partial charge on any atom is 0.240 e. The summed E-state index contributed by atoms with van der Waals surface area (Å²) in [6.45, 7) is 3.73. The number of hydrogen-bond donors (Lipinski definition) is 2. The zero-order valence-electron chi connectivity index (χ0n) is 11.1. The number of carbonyl (C=O) groups excluding carboxylic acids is 1. The van der Waals surface area contributed by atoms with Gasteiger partial charge in [0.15, 0.2) is 0 Å². The maximum absolute atomic E-state index is 12.2. The van der Waals surface area contributed by atoms with Gasteiger partial charge in [-0.25, -0.2) is 0 Å². The topological polar surface area (TPSA) is 55.1 Å². The highest BCUT2D eigenvalue weighted by molar-refractivity contribution is 5.85. The number of nitrogens with one attached hydrogen (secondary N) is 1. The minimum Gasteiger partial charge on any atom is -0.347 e. The highest BCUT2D eigenvalue weighted by Crippen LogP contribution is 2.41. The Hall–Kier alpha value is -1.35. The molecule has 0 spiro atoms. The summed E-state index contributed by atoms with van der Waals surface area (Å²) in [6, 6.07) is 10.3. The summed E-state index contributed by atoms with van der Waals surface area (Å²) in [5.74, 6) is 0.523. The van der Waals surface area contributed by atoms with Crippen LogP contribution in [0.2, 0.25) is 0 Å². The number of nitrogens with two attached hydrogens (primary N) is 1. The molecule has 0 aromatic heterocycles. The van der Waals surface area contributed by atoms with Crippen molar-refractivity contribution in [1.82, 2.24) is 5.32 Å². The van der Waals surface area contributed by atoms with Crippen LogP contribution in [0, 0.1) is 5.92 Å². The molecule has 3 nitrogen and oxygen atoms in total. The summed E-state index contributed by atoms with van der Waals surface area (Å²) in [4.78, 5) is 12.2. The third-order valence-corrected chi connectivity index (χ3v) is 3.79. The second-order valence-corrected chi connectivity index (χ2v) is 5.47. The quantitative estimate of drug-likeness (QED) is 0.838. The van der Waals surface area contributed by atoms with E-state index in [2.05, 4.69) is 17.4 Å². The third-order valence-electron chi connectivity index (χ3n) is 3.79. The van der Waals surface area contributed by atoms with E-state index in [1.54, 1.807) is 6.92 Å². The number of rotatable bonds is 5. The van der Waals surface area contributed by atoms with Crippen molar-refractivity contribution in [2.24, 2.45) is 11.7 Å². The van der Waals surface area contributed by atoms with Crippen LogP contribution in [0.25, 0.3) is 0 Å². The van der Waals surface area contributed by atoms with Crippen LogP contribution >= 0.6 is 0 Å². The summed E-state index contributed by atoms with van der Waals surface area (Å²) in [5, 5.41) is 3.12. The molecule has 2 atom stereocenters. The zero-order chi connectivity index (χ0) is 13.2. The number of hydrogen-bond acceptors (Lipinski definition) is 2. The smallest absolute Gasteiger partial charge is 0.240 e. The third kappa shape index (κ3) is 2.91. The van der Waals surface area contributed by atoms with Crippen LogP contribution in [0.15, 0.2) is 30.3 Å². The minimum absolute atomic E-state index is 0.0502. The Labute approximate surface area is 109 Å².